The van der Waals surface area contributed by atoms with E-state index in [4.69, 9.17) is 5.11 Å². The van der Waals surface area contributed by atoms with E-state index < -0.39 is 22.5 Å². The molecule has 0 unspecified atom stereocenters. The zero-order chi connectivity index (χ0) is 14.8. The Bertz CT molecular complexity index is 596. The third kappa shape index (κ3) is 3.21. The summed E-state index contributed by atoms with van der Waals surface area (Å²) in [6, 6.07) is 6.26. The minimum Gasteiger partial charge on any atom is -0.480 e. The summed E-state index contributed by atoms with van der Waals surface area (Å²) in [5.74, 6) is -1.13. The van der Waals surface area contributed by atoms with Crippen LogP contribution in [0, 0.1) is 0 Å². The van der Waals surface area contributed by atoms with E-state index in [1.54, 1.807) is 18.2 Å². The zero-order valence-corrected chi connectivity index (χ0v) is 13.2. The van der Waals surface area contributed by atoms with Crippen molar-refractivity contribution in [1.29, 1.82) is 0 Å². The molecule has 0 heterocycles. The van der Waals surface area contributed by atoms with Crippen molar-refractivity contribution in [2.45, 2.75) is 36.6 Å². The Labute approximate surface area is 126 Å². The zero-order valence-electron chi connectivity index (χ0n) is 10.8. The van der Waals surface area contributed by atoms with Gasteiger partial charge < -0.3 is 5.11 Å². The van der Waals surface area contributed by atoms with Crippen LogP contribution in [0.15, 0.2) is 33.6 Å². The largest absolute Gasteiger partial charge is 0.480 e. The number of halogens is 1. The summed E-state index contributed by atoms with van der Waals surface area (Å²) in [6.45, 7) is -0.492. The van der Waals surface area contributed by atoms with Crippen molar-refractivity contribution >= 4 is 31.9 Å². The van der Waals surface area contributed by atoms with Crippen LogP contribution in [0.4, 0.5) is 0 Å². The minimum absolute atomic E-state index is 0.119. The average molecular weight is 362 g/mol. The quantitative estimate of drug-likeness (QED) is 0.873. The van der Waals surface area contributed by atoms with E-state index >= 15 is 0 Å². The van der Waals surface area contributed by atoms with Crippen LogP contribution in [0.25, 0.3) is 0 Å². The van der Waals surface area contributed by atoms with Gasteiger partial charge in [0.2, 0.25) is 10.0 Å². The third-order valence-electron chi connectivity index (χ3n) is 3.45. The van der Waals surface area contributed by atoms with Crippen LogP contribution >= 0.6 is 15.9 Å². The van der Waals surface area contributed by atoms with Crippen molar-refractivity contribution in [3.8, 4) is 0 Å². The predicted octanol–water partition coefficient (Wildman–Crippen LogP) is 2.47. The molecule has 1 aliphatic rings. The Morgan fingerprint density at radius 1 is 1.30 bits per heavy atom. The lowest BCUT2D eigenvalue weighted by atomic mass is 10.2. The van der Waals surface area contributed by atoms with Gasteiger partial charge in [-0.2, -0.15) is 4.31 Å². The topological polar surface area (TPSA) is 74.7 Å². The first kappa shape index (κ1) is 15.5. The van der Waals surface area contributed by atoms with Gasteiger partial charge in [-0.25, -0.2) is 8.42 Å². The van der Waals surface area contributed by atoms with Crippen molar-refractivity contribution in [2.24, 2.45) is 0 Å². The van der Waals surface area contributed by atoms with Crippen LogP contribution in [-0.4, -0.2) is 36.4 Å². The van der Waals surface area contributed by atoms with E-state index in [9.17, 15) is 13.2 Å². The fourth-order valence-corrected chi connectivity index (χ4v) is 5.12. The summed E-state index contributed by atoms with van der Waals surface area (Å²) in [4.78, 5) is 11.1. The molecule has 1 aliphatic carbocycles. The lowest BCUT2D eigenvalue weighted by Gasteiger charge is -2.26. The highest BCUT2D eigenvalue weighted by Crippen LogP contribution is 2.31. The number of rotatable bonds is 5. The van der Waals surface area contributed by atoms with Crippen LogP contribution in [0.1, 0.15) is 25.7 Å². The number of carboxylic acid groups (broad SMARTS) is 1. The SMILES string of the molecule is O=C(O)CN(C1CCCC1)S(=O)(=O)c1ccccc1Br. The van der Waals surface area contributed by atoms with Gasteiger partial charge in [-0.3, -0.25) is 4.79 Å². The maximum atomic E-state index is 12.7. The number of hydrogen-bond acceptors (Lipinski definition) is 3. The smallest absolute Gasteiger partial charge is 0.318 e. The molecular weight excluding hydrogens is 346 g/mol. The number of hydrogen-bond donors (Lipinski definition) is 1. The molecule has 0 saturated heterocycles. The Morgan fingerprint density at radius 2 is 1.90 bits per heavy atom. The van der Waals surface area contributed by atoms with Crippen molar-refractivity contribution in [3.63, 3.8) is 0 Å². The van der Waals surface area contributed by atoms with Crippen LogP contribution in [-0.2, 0) is 14.8 Å². The molecular formula is C13H16BrNO4S. The number of benzene rings is 1. The van der Waals surface area contributed by atoms with Gasteiger partial charge in [-0.05, 0) is 40.9 Å². The Hall–Kier alpha value is -0.920. The molecule has 0 atom stereocenters. The number of sulfonamides is 1. The Balaban J connectivity index is 2.41. The lowest BCUT2D eigenvalue weighted by Crippen LogP contribution is -2.42. The molecule has 110 valence electrons. The molecule has 0 bridgehead atoms. The molecule has 7 heteroatoms. The first-order valence-electron chi connectivity index (χ1n) is 6.41. The molecule has 1 aromatic carbocycles. The molecule has 0 radical (unpaired) electrons. The second-order valence-corrected chi connectivity index (χ2v) is 7.53. The van der Waals surface area contributed by atoms with E-state index in [0.717, 1.165) is 30.0 Å². The molecule has 0 aromatic heterocycles. The van der Waals surface area contributed by atoms with Gasteiger partial charge in [0.15, 0.2) is 0 Å². The molecule has 0 amide bonds. The predicted molar refractivity (Wildman–Crippen MR) is 77.9 cm³/mol. The van der Waals surface area contributed by atoms with Gasteiger partial charge in [0.05, 0.1) is 4.90 Å². The van der Waals surface area contributed by atoms with E-state index in [1.165, 1.54) is 6.07 Å². The highest BCUT2D eigenvalue weighted by atomic mass is 79.9. The van der Waals surface area contributed by atoms with Crippen molar-refractivity contribution in [1.82, 2.24) is 4.31 Å². The normalized spacial score (nSPS) is 16.7. The molecule has 0 aliphatic heterocycles. The minimum atomic E-state index is -3.80. The summed E-state index contributed by atoms with van der Waals surface area (Å²) >= 11 is 3.22. The van der Waals surface area contributed by atoms with Gasteiger partial charge in [0.25, 0.3) is 0 Å². The fourth-order valence-electron chi connectivity index (χ4n) is 2.52. The summed E-state index contributed by atoms with van der Waals surface area (Å²) in [7, 11) is -3.80. The fraction of sp³-hybridized carbons (Fsp3) is 0.462. The highest BCUT2D eigenvalue weighted by molar-refractivity contribution is 9.10. The first-order chi connectivity index (χ1) is 9.43. The number of aliphatic carboxylic acids is 1. The van der Waals surface area contributed by atoms with E-state index in [2.05, 4.69) is 15.9 Å². The maximum Gasteiger partial charge on any atom is 0.318 e. The lowest BCUT2D eigenvalue weighted by molar-refractivity contribution is -0.137. The van der Waals surface area contributed by atoms with Crippen LogP contribution in [0.5, 0.6) is 0 Å². The molecule has 1 fully saturated rings. The van der Waals surface area contributed by atoms with Gasteiger partial charge in [0, 0.05) is 10.5 Å². The average Bonchev–Trinajstić information content (AvgIpc) is 2.89. The molecule has 1 aromatic rings. The second kappa shape index (κ2) is 6.24. The number of carboxylic acids is 1. The van der Waals surface area contributed by atoms with Gasteiger partial charge in [0.1, 0.15) is 6.54 Å². The van der Waals surface area contributed by atoms with Crippen molar-refractivity contribution < 1.29 is 18.3 Å². The summed E-state index contributed by atoms with van der Waals surface area (Å²) in [5, 5.41) is 9.01. The molecule has 2 rings (SSSR count). The number of carbonyl (C=O) groups is 1. The molecule has 1 saturated carbocycles. The summed E-state index contributed by atoms with van der Waals surface area (Å²) in [6.07, 6.45) is 3.31. The van der Waals surface area contributed by atoms with Crippen molar-refractivity contribution in [3.05, 3.63) is 28.7 Å². The molecule has 0 spiro atoms. The van der Waals surface area contributed by atoms with Gasteiger partial charge in [-0.15, -0.1) is 0 Å². The monoisotopic (exact) mass is 361 g/mol. The summed E-state index contributed by atoms with van der Waals surface area (Å²) in [5.41, 5.74) is 0. The second-order valence-electron chi connectivity index (χ2n) is 4.81. The van der Waals surface area contributed by atoms with Crippen molar-refractivity contribution in [2.75, 3.05) is 6.54 Å². The van der Waals surface area contributed by atoms with Crippen LogP contribution in [0.3, 0.4) is 0 Å². The summed E-state index contributed by atoms with van der Waals surface area (Å²) < 4.78 is 27.0. The third-order valence-corrected chi connectivity index (χ3v) is 6.36. The van der Waals surface area contributed by atoms with E-state index in [0.29, 0.717) is 4.47 Å². The molecule has 20 heavy (non-hydrogen) atoms. The van der Waals surface area contributed by atoms with E-state index in [1.807, 2.05) is 0 Å². The van der Waals surface area contributed by atoms with Crippen LogP contribution in [0.2, 0.25) is 0 Å². The Morgan fingerprint density at radius 3 is 2.45 bits per heavy atom. The van der Waals surface area contributed by atoms with Gasteiger partial charge in [-0.1, -0.05) is 25.0 Å². The maximum absolute atomic E-state index is 12.7. The first-order valence-corrected chi connectivity index (χ1v) is 8.64. The standard InChI is InChI=1S/C13H16BrNO4S/c14-11-7-3-4-8-12(11)20(18,19)15(9-13(16)17)10-5-1-2-6-10/h3-4,7-8,10H,1-2,5-6,9H2,(H,16,17). The highest BCUT2D eigenvalue weighted by Gasteiger charge is 2.35. The van der Waals surface area contributed by atoms with Crippen LogP contribution < -0.4 is 0 Å². The number of nitrogens with zero attached hydrogens (tertiary/aromatic N) is 1. The Kier molecular flexibility index (Phi) is 4.82. The molecule has 5 nitrogen and oxygen atoms in total. The van der Waals surface area contributed by atoms with E-state index in [-0.39, 0.29) is 10.9 Å². The molecule has 1 N–H and O–H groups in total. The van der Waals surface area contributed by atoms with Gasteiger partial charge >= 0.3 is 5.97 Å².